The van der Waals surface area contributed by atoms with Gasteiger partial charge in [-0.3, -0.25) is 4.90 Å². The molecular weight excluding hydrogens is 210 g/mol. The maximum Gasteiger partial charge on any atom is 0.0700 e. The third-order valence-corrected chi connectivity index (χ3v) is 5.02. The zero-order valence-electron chi connectivity index (χ0n) is 11.7. The lowest BCUT2D eigenvalue weighted by Crippen LogP contribution is -2.53. The van der Waals surface area contributed by atoms with E-state index in [0.29, 0.717) is 17.9 Å². The maximum atomic E-state index is 10.4. The molecule has 0 heterocycles. The first-order valence-corrected chi connectivity index (χ1v) is 7.49. The summed E-state index contributed by atoms with van der Waals surface area (Å²) in [7, 11) is 2.25. The van der Waals surface area contributed by atoms with Crippen LogP contribution in [0.5, 0.6) is 0 Å². The topological polar surface area (TPSA) is 23.5 Å². The van der Waals surface area contributed by atoms with Crippen molar-refractivity contribution in [1.82, 2.24) is 4.90 Å². The fourth-order valence-electron chi connectivity index (χ4n) is 4.21. The molecule has 2 rings (SSSR count). The molecule has 0 amide bonds. The second-order valence-electron chi connectivity index (χ2n) is 6.57. The Morgan fingerprint density at radius 3 is 2.24 bits per heavy atom. The van der Waals surface area contributed by atoms with Crippen molar-refractivity contribution < 1.29 is 5.11 Å². The van der Waals surface area contributed by atoms with E-state index >= 15 is 0 Å². The van der Waals surface area contributed by atoms with Crippen LogP contribution in [0.25, 0.3) is 0 Å². The molecule has 0 aromatic carbocycles. The predicted octanol–water partition coefficient (Wildman–Crippen LogP) is 3.05. The molecule has 1 N–H and O–H groups in total. The number of aliphatic hydroxyl groups excluding tert-OH is 1. The first-order chi connectivity index (χ1) is 8.09. The summed E-state index contributed by atoms with van der Waals surface area (Å²) in [5.74, 6) is 1.33. The molecule has 0 spiro atoms. The van der Waals surface area contributed by atoms with Crippen molar-refractivity contribution in [2.24, 2.45) is 11.8 Å². The van der Waals surface area contributed by atoms with Crippen LogP contribution < -0.4 is 0 Å². The van der Waals surface area contributed by atoms with Crippen LogP contribution in [0.2, 0.25) is 0 Å². The molecule has 2 aliphatic rings. The van der Waals surface area contributed by atoms with Gasteiger partial charge in [-0.05, 0) is 44.6 Å². The number of hydrogen-bond donors (Lipinski definition) is 1. The highest BCUT2D eigenvalue weighted by Gasteiger charge is 2.37. The van der Waals surface area contributed by atoms with E-state index < -0.39 is 0 Å². The number of likely N-dealkylation sites (N-methyl/N-ethyl adjacent to an activating group) is 1. The van der Waals surface area contributed by atoms with E-state index in [1.165, 1.54) is 38.5 Å². The molecule has 2 saturated carbocycles. The molecule has 0 bridgehead atoms. The van der Waals surface area contributed by atoms with Crippen LogP contribution in [0, 0.1) is 11.8 Å². The molecule has 17 heavy (non-hydrogen) atoms. The summed E-state index contributed by atoms with van der Waals surface area (Å²) < 4.78 is 0. The van der Waals surface area contributed by atoms with Crippen LogP contribution in [0.1, 0.15) is 58.8 Å². The molecule has 0 aromatic rings. The van der Waals surface area contributed by atoms with Gasteiger partial charge in [0, 0.05) is 12.1 Å². The lowest BCUT2D eigenvalue weighted by atomic mass is 9.76. The van der Waals surface area contributed by atoms with Gasteiger partial charge < -0.3 is 5.11 Å². The summed E-state index contributed by atoms with van der Waals surface area (Å²) in [6, 6.07) is 1.12. The molecule has 4 unspecified atom stereocenters. The van der Waals surface area contributed by atoms with Gasteiger partial charge in [0.15, 0.2) is 0 Å². The van der Waals surface area contributed by atoms with Gasteiger partial charge in [-0.15, -0.1) is 0 Å². The summed E-state index contributed by atoms with van der Waals surface area (Å²) >= 11 is 0. The highest BCUT2D eigenvalue weighted by Crippen LogP contribution is 2.34. The molecule has 0 aromatic heterocycles. The van der Waals surface area contributed by atoms with Gasteiger partial charge in [0.25, 0.3) is 0 Å². The smallest absolute Gasteiger partial charge is 0.0700 e. The Morgan fingerprint density at radius 1 is 1.00 bits per heavy atom. The Hall–Kier alpha value is -0.0800. The lowest BCUT2D eigenvalue weighted by molar-refractivity contribution is -0.0355. The van der Waals surface area contributed by atoms with Gasteiger partial charge in [-0.1, -0.05) is 33.1 Å². The molecule has 4 atom stereocenters. The highest BCUT2D eigenvalue weighted by molar-refractivity contribution is 4.91. The Kier molecular flexibility index (Phi) is 4.48. The predicted molar refractivity (Wildman–Crippen MR) is 72.0 cm³/mol. The first kappa shape index (κ1) is 13.4. The molecular formula is C15H29NO. The average Bonchev–Trinajstić information content (AvgIpc) is 2.28. The number of aliphatic hydroxyl groups is 1. The number of rotatable bonds is 2. The lowest BCUT2D eigenvalue weighted by Gasteiger charge is -2.46. The molecule has 100 valence electrons. The van der Waals surface area contributed by atoms with Crippen LogP contribution in [0.4, 0.5) is 0 Å². The van der Waals surface area contributed by atoms with Gasteiger partial charge in [0.05, 0.1) is 6.10 Å². The molecule has 0 saturated heterocycles. The summed E-state index contributed by atoms with van der Waals surface area (Å²) in [4.78, 5) is 2.51. The fourth-order valence-corrected chi connectivity index (χ4v) is 4.21. The SMILES string of the molecule is CC1CC(C)C(N(C)C2CCCCC2)C(O)C1. The maximum absolute atomic E-state index is 10.4. The van der Waals surface area contributed by atoms with E-state index in [0.717, 1.165) is 12.5 Å². The Bertz CT molecular complexity index is 225. The van der Waals surface area contributed by atoms with Crippen molar-refractivity contribution >= 4 is 0 Å². The summed E-state index contributed by atoms with van der Waals surface area (Å²) in [5, 5.41) is 10.4. The molecule has 2 heteroatoms. The van der Waals surface area contributed by atoms with Crippen LogP contribution >= 0.6 is 0 Å². The van der Waals surface area contributed by atoms with Gasteiger partial charge in [-0.2, -0.15) is 0 Å². The second kappa shape index (κ2) is 5.71. The van der Waals surface area contributed by atoms with Crippen LogP contribution in [0.15, 0.2) is 0 Å². The summed E-state index contributed by atoms with van der Waals surface area (Å²) in [6.45, 7) is 4.60. The Labute approximate surface area is 106 Å². The van der Waals surface area contributed by atoms with Crippen molar-refractivity contribution in [3.8, 4) is 0 Å². The van der Waals surface area contributed by atoms with E-state index in [9.17, 15) is 5.11 Å². The third-order valence-electron chi connectivity index (χ3n) is 5.02. The third kappa shape index (κ3) is 3.03. The van der Waals surface area contributed by atoms with E-state index in [4.69, 9.17) is 0 Å². The van der Waals surface area contributed by atoms with E-state index in [1.807, 2.05) is 0 Å². The minimum Gasteiger partial charge on any atom is -0.391 e. The van der Waals surface area contributed by atoms with Gasteiger partial charge in [0.1, 0.15) is 0 Å². The quantitative estimate of drug-likeness (QED) is 0.800. The number of hydrogen-bond acceptors (Lipinski definition) is 2. The first-order valence-electron chi connectivity index (χ1n) is 7.49. The monoisotopic (exact) mass is 239 g/mol. The Morgan fingerprint density at radius 2 is 1.65 bits per heavy atom. The minimum absolute atomic E-state index is 0.110. The molecule has 0 radical (unpaired) electrons. The van der Waals surface area contributed by atoms with Crippen LogP contribution in [-0.4, -0.2) is 35.2 Å². The highest BCUT2D eigenvalue weighted by atomic mass is 16.3. The van der Waals surface area contributed by atoms with Crippen molar-refractivity contribution in [2.75, 3.05) is 7.05 Å². The van der Waals surface area contributed by atoms with Crippen LogP contribution in [0.3, 0.4) is 0 Å². The van der Waals surface area contributed by atoms with Crippen molar-refractivity contribution in [1.29, 1.82) is 0 Å². The fraction of sp³-hybridized carbons (Fsp3) is 1.00. The zero-order chi connectivity index (χ0) is 12.4. The molecule has 2 fully saturated rings. The van der Waals surface area contributed by atoms with Crippen molar-refractivity contribution in [3.63, 3.8) is 0 Å². The zero-order valence-corrected chi connectivity index (χ0v) is 11.7. The molecule has 2 nitrogen and oxygen atoms in total. The van der Waals surface area contributed by atoms with E-state index in [2.05, 4.69) is 25.8 Å². The van der Waals surface area contributed by atoms with Crippen LogP contribution in [-0.2, 0) is 0 Å². The largest absolute Gasteiger partial charge is 0.391 e. The van der Waals surface area contributed by atoms with Crippen molar-refractivity contribution in [2.45, 2.75) is 77.0 Å². The second-order valence-corrected chi connectivity index (χ2v) is 6.57. The Balaban J connectivity index is 1.98. The van der Waals surface area contributed by atoms with Gasteiger partial charge in [0.2, 0.25) is 0 Å². The normalized spacial score (nSPS) is 40.8. The van der Waals surface area contributed by atoms with Gasteiger partial charge >= 0.3 is 0 Å². The van der Waals surface area contributed by atoms with Gasteiger partial charge in [-0.25, -0.2) is 0 Å². The number of nitrogens with zero attached hydrogens (tertiary/aromatic N) is 1. The summed E-state index contributed by atoms with van der Waals surface area (Å²) in [6.07, 6.45) is 8.99. The van der Waals surface area contributed by atoms with Crippen molar-refractivity contribution in [3.05, 3.63) is 0 Å². The molecule has 0 aliphatic heterocycles. The van der Waals surface area contributed by atoms with E-state index in [1.54, 1.807) is 0 Å². The average molecular weight is 239 g/mol. The minimum atomic E-state index is -0.110. The summed E-state index contributed by atoms with van der Waals surface area (Å²) in [5.41, 5.74) is 0. The standard InChI is InChI=1S/C15H29NO/c1-11-9-12(2)15(14(17)10-11)16(3)13-7-5-4-6-8-13/h11-15,17H,4-10H2,1-3H3. The van der Waals surface area contributed by atoms with E-state index in [-0.39, 0.29) is 6.10 Å². The molecule has 2 aliphatic carbocycles.